The molecule has 2 aromatic carbocycles. The van der Waals surface area contributed by atoms with Crippen molar-refractivity contribution in [2.45, 2.75) is 0 Å². The molecule has 0 fully saturated rings. The van der Waals surface area contributed by atoms with Crippen LogP contribution < -0.4 is 0 Å². The Morgan fingerprint density at radius 2 is 1.82 bits per heavy atom. The fraction of sp³-hybridized carbons (Fsp3) is 0.0667. The Morgan fingerprint density at radius 3 is 2.64 bits per heavy atom. The number of aryl methyl sites for hydroxylation is 1. The molecule has 0 N–H and O–H groups in total. The number of rotatable bonds is 2. The van der Waals surface area contributed by atoms with E-state index in [0.717, 1.165) is 22.2 Å². The summed E-state index contributed by atoms with van der Waals surface area (Å²) in [7, 11) is 1.84. The minimum Gasteiger partial charge on any atom is -0.334 e. The van der Waals surface area contributed by atoms with Gasteiger partial charge >= 0.3 is 0 Å². The van der Waals surface area contributed by atoms with E-state index in [9.17, 15) is 0 Å². The quantitative estimate of drug-likeness (QED) is 0.568. The van der Waals surface area contributed by atoms with Gasteiger partial charge in [0.05, 0.1) is 5.52 Å². The molecule has 0 unspecified atom stereocenters. The molecule has 4 aromatic rings. The second-order valence-electron chi connectivity index (χ2n) is 4.85. The number of aromatic nitrogens is 5. The first kappa shape index (κ1) is 13.0. The van der Waals surface area contributed by atoms with Crippen molar-refractivity contribution < 1.29 is 4.52 Å². The van der Waals surface area contributed by atoms with Crippen molar-refractivity contribution in [1.29, 1.82) is 0 Å². The molecule has 0 bridgehead atoms. The monoisotopic (exact) mass is 311 g/mol. The number of hydrogen-bond donors (Lipinski definition) is 0. The zero-order valence-corrected chi connectivity index (χ0v) is 12.3. The summed E-state index contributed by atoms with van der Waals surface area (Å²) in [6.07, 6.45) is 0. The predicted molar refractivity (Wildman–Crippen MR) is 82.2 cm³/mol. The molecular weight excluding hydrogens is 302 g/mol. The summed E-state index contributed by atoms with van der Waals surface area (Å²) in [6, 6.07) is 13.0. The summed E-state index contributed by atoms with van der Waals surface area (Å²) >= 11 is 5.88. The Balaban J connectivity index is 1.76. The lowest BCUT2D eigenvalue weighted by molar-refractivity contribution is 0.432. The van der Waals surface area contributed by atoms with Crippen LogP contribution in [0.25, 0.3) is 33.9 Å². The van der Waals surface area contributed by atoms with E-state index in [1.807, 2.05) is 37.4 Å². The van der Waals surface area contributed by atoms with Gasteiger partial charge in [0.25, 0.3) is 5.89 Å². The predicted octanol–water partition coefficient (Wildman–Crippen LogP) is 3.34. The molecular formula is C15H10ClN5O. The molecule has 108 valence electrons. The van der Waals surface area contributed by atoms with Crippen molar-refractivity contribution in [3.8, 4) is 22.8 Å². The van der Waals surface area contributed by atoms with Gasteiger partial charge in [0, 0.05) is 23.2 Å². The lowest BCUT2D eigenvalue weighted by Crippen LogP contribution is -1.90. The normalized spacial score (nSPS) is 11.2. The first-order chi connectivity index (χ1) is 10.7. The highest BCUT2D eigenvalue weighted by Crippen LogP contribution is 2.25. The van der Waals surface area contributed by atoms with Crippen LogP contribution in [-0.2, 0) is 7.05 Å². The molecule has 7 heteroatoms. The number of benzene rings is 2. The van der Waals surface area contributed by atoms with Crippen molar-refractivity contribution in [1.82, 2.24) is 25.1 Å². The van der Waals surface area contributed by atoms with E-state index in [4.69, 9.17) is 16.1 Å². The minimum absolute atomic E-state index is 0.454. The average molecular weight is 312 g/mol. The van der Waals surface area contributed by atoms with E-state index in [-0.39, 0.29) is 0 Å². The fourth-order valence-electron chi connectivity index (χ4n) is 2.22. The van der Waals surface area contributed by atoms with Crippen LogP contribution in [0.4, 0.5) is 0 Å². The van der Waals surface area contributed by atoms with Gasteiger partial charge in [-0.3, -0.25) is 0 Å². The molecule has 6 nitrogen and oxygen atoms in total. The van der Waals surface area contributed by atoms with Gasteiger partial charge in [-0.15, -0.1) is 5.10 Å². The van der Waals surface area contributed by atoms with Gasteiger partial charge in [0.2, 0.25) is 5.82 Å². The second-order valence-corrected chi connectivity index (χ2v) is 5.28. The molecule has 0 saturated carbocycles. The van der Waals surface area contributed by atoms with E-state index in [0.29, 0.717) is 16.7 Å². The van der Waals surface area contributed by atoms with E-state index in [2.05, 4.69) is 20.5 Å². The van der Waals surface area contributed by atoms with Crippen LogP contribution in [0.3, 0.4) is 0 Å². The highest BCUT2D eigenvalue weighted by Gasteiger charge is 2.12. The van der Waals surface area contributed by atoms with E-state index >= 15 is 0 Å². The van der Waals surface area contributed by atoms with Crippen molar-refractivity contribution in [3.05, 3.63) is 47.5 Å². The molecule has 0 amide bonds. The molecule has 4 rings (SSSR count). The highest BCUT2D eigenvalue weighted by molar-refractivity contribution is 6.30. The van der Waals surface area contributed by atoms with Crippen LogP contribution >= 0.6 is 11.6 Å². The van der Waals surface area contributed by atoms with E-state index < -0.39 is 0 Å². The Morgan fingerprint density at radius 1 is 1.05 bits per heavy atom. The first-order valence-electron chi connectivity index (χ1n) is 6.60. The lowest BCUT2D eigenvalue weighted by atomic mass is 10.2. The topological polar surface area (TPSA) is 69.6 Å². The Labute approximate surface area is 130 Å². The number of hydrogen-bond acceptors (Lipinski definition) is 5. The molecule has 2 heterocycles. The molecule has 0 aliphatic heterocycles. The zero-order chi connectivity index (χ0) is 15.1. The van der Waals surface area contributed by atoms with Crippen molar-refractivity contribution in [2.24, 2.45) is 7.05 Å². The summed E-state index contributed by atoms with van der Waals surface area (Å²) < 4.78 is 7.03. The summed E-state index contributed by atoms with van der Waals surface area (Å²) in [5.41, 5.74) is 3.41. The highest BCUT2D eigenvalue weighted by atomic mass is 35.5. The van der Waals surface area contributed by atoms with Gasteiger partial charge in [-0.1, -0.05) is 22.0 Å². The van der Waals surface area contributed by atoms with Gasteiger partial charge in [0.1, 0.15) is 5.52 Å². The van der Waals surface area contributed by atoms with Gasteiger partial charge < -0.3 is 4.52 Å². The largest absolute Gasteiger partial charge is 0.334 e. The number of halogens is 1. The fourth-order valence-corrected chi connectivity index (χ4v) is 2.35. The second kappa shape index (κ2) is 4.92. The maximum Gasteiger partial charge on any atom is 0.258 e. The summed E-state index contributed by atoms with van der Waals surface area (Å²) in [6.45, 7) is 0. The van der Waals surface area contributed by atoms with Crippen molar-refractivity contribution >= 4 is 22.6 Å². The molecule has 0 saturated heterocycles. The Hall–Kier alpha value is -2.73. The summed E-state index contributed by atoms with van der Waals surface area (Å²) in [5.74, 6) is 0.975. The third-order valence-corrected chi connectivity index (χ3v) is 3.64. The first-order valence-corrected chi connectivity index (χ1v) is 6.98. The molecule has 0 aliphatic carbocycles. The number of fused-ring (bicyclic) bond motifs is 1. The van der Waals surface area contributed by atoms with Gasteiger partial charge in [0.15, 0.2) is 0 Å². The van der Waals surface area contributed by atoms with Gasteiger partial charge in [-0.05, 0) is 42.5 Å². The number of nitrogens with zero attached hydrogens (tertiary/aromatic N) is 5. The minimum atomic E-state index is 0.454. The Kier molecular flexibility index (Phi) is 2.90. The van der Waals surface area contributed by atoms with Crippen molar-refractivity contribution in [3.63, 3.8) is 0 Å². The van der Waals surface area contributed by atoms with Crippen LogP contribution in [0, 0.1) is 0 Å². The molecule has 22 heavy (non-hydrogen) atoms. The standard InChI is InChI=1S/C15H10ClN5O/c1-21-13-8-10(4-7-12(13)18-20-21)14-17-15(22-19-14)9-2-5-11(16)6-3-9/h2-8H,1H3. The van der Waals surface area contributed by atoms with E-state index in [1.54, 1.807) is 16.8 Å². The maximum absolute atomic E-state index is 5.88. The average Bonchev–Trinajstić information content (AvgIpc) is 3.16. The van der Waals surface area contributed by atoms with Crippen LogP contribution in [0.2, 0.25) is 5.02 Å². The summed E-state index contributed by atoms with van der Waals surface area (Å²) in [4.78, 5) is 4.43. The van der Waals surface area contributed by atoms with Crippen LogP contribution in [-0.4, -0.2) is 25.1 Å². The third kappa shape index (κ3) is 2.14. The molecule has 2 aromatic heterocycles. The zero-order valence-electron chi connectivity index (χ0n) is 11.6. The van der Waals surface area contributed by atoms with Crippen LogP contribution in [0.15, 0.2) is 47.0 Å². The molecule has 0 atom stereocenters. The molecule has 0 spiro atoms. The summed E-state index contributed by atoms with van der Waals surface area (Å²) in [5, 5.41) is 12.7. The molecule has 0 radical (unpaired) electrons. The smallest absolute Gasteiger partial charge is 0.258 e. The Bertz CT molecular complexity index is 958. The van der Waals surface area contributed by atoms with E-state index in [1.165, 1.54) is 0 Å². The third-order valence-electron chi connectivity index (χ3n) is 3.39. The van der Waals surface area contributed by atoms with Crippen LogP contribution in [0.5, 0.6) is 0 Å². The maximum atomic E-state index is 5.88. The van der Waals surface area contributed by atoms with Crippen molar-refractivity contribution in [2.75, 3.05) is 0 Å². The SMILES string of the molecule is Cn1nnc2ccc(-c3noc(-c4ccc(Cl)cc4)n3)cc21. The molecule has 0 aliphatic rings. The van der Waals surface area contributed by atoms with Crippen LogP contribution in [0.1, 0.15) is 0 Å². The van der Waals surface area contributed by atoms with Gasteiger partial charge in [-0.2, -0.15) is 4.98 Å². The lowest BCUT2D eigenvalue weighted by Gasteiger charge is -1.96. The van der Waals surface area contributed by atoms with Gasteiger partial charge in [-0.25, -0.2) is 4.68 Å².